The number of benzene rings is 5. The van der Waals surface area contributed by atoms with Gasteiger partial charge in [0.05, 0.1) is 10.9 Å². The summed E-state index contributed by atoms with van der Waals surface area (Å²) in [7, 11) is 0. The minimum Gasteiger partial charge on any atom is -0.507 e. The molecule has 1 N–H and O–H groups in total. The Balaban J connectivity index is 1.86. The van der Waals surface area contributed by atoms with Crippen LogP contribution in [-0.4, -0.2) is 14.2 Å². The van der Waals surface area contributed by atoms with Crippen molar-refractivity contribution < 1.29 is 5.11 Å². The number of para-hydroxylation sites is 2. The lowest BCUT2D eigenvalue weighted by Crippen LogP contribution is -2.03. The number of fused-ring (bicyclic) bond motifs is 4. The second-order valence-electron chi connectivity index (χ2n) is 13.2. The Morgan fingerprint density at radius 1 is 0.596 bits per heavy atom. The van der Waals surface area contributed by atoms with Crippen molar-refractivity contribution in [1.29, 1.82) is 0 Å². The van der Waals surface area contributed by atoms with Crippen LogP contribution in [0.2, 0.25) is 0 Å². The zero-order valence-corrected chi connectivity index (χ0v) is 28.3. The van der Waals surface area contributed by atoms with Crippen LogP contribution in [0.3, 0.4) is 0 Å². The van der Waals surface area contributed by atoms with Gasteiger partial charge in [-0.05, 0) is 87.1 Å². The van der Waals surface area contributed by atoms with Crippen molar-refractivity contribution in [3.8, 4) is 39.1 Å². The Morgan fingerprint density at radius 3 is 1.68 bits per heavy atom. The molecule has 0 aliphatic rings. The molecule has 0 spiro atoms. The fraction of sp³-hybridized carbons (Fsp3) is 0.182. The number of aryl methyl sites for hydroxylation is 6. The number of rotatable bonds is 7. The van der Waals surface area contributed by atoms with Crippen LogP contribution in [0.5, 0.6) is 5.75 Å². The number of aromatic hydroxyl groups is 1. The van der Waals surface area contributed by atoms with Gasteiger partial charge in [0, 0.05) is 63.3 Å². The number of allylic oxidation sites excluding steroid dienone is 2. The van der Waals surface area contributed by atoms with E-state index in [4.69, 9.17) is 0 Å². The minimum atomic E-state index is 0.321. The van der Waals surface area contributed by atoms with Gasteiger partial charge in [0.1, 0.15) is 5.75 Å². The molecule has 5 aromatic carbocycles. The molecule has 7 rings (SSSR count). The zero-order valence-electron chi connectivity index (χ0n) is 28.3. The average molecular weight is 615 g/mol. The topological polar surface area (TPSA) is 30.1 Å². The molecule has 7 aromatic rings. The molecule has 0 atom stereocenters. The first kappa shape index (κ1) is 30.4. The van der Waals surface area contributed by atoms with Crippen molar-refractivity contribution >= 4 is 32.7 Å². The standard InChI is InChI=1S/C44H42N2O/c1-9-19-45-25-34(32-15-11-13-17-35(32)45)39-41(37-28(5)21-26(3)22-29(37)6)42(38-30(7)23-27(4)24-31(38)8)44(47)40-33-16-12-14-18-36(33)46(20-10-2)43(39)40/h9-18,21-25,47H,1-2,19-20H2,3-8H3. The molecular formula is C44H42N2O. The van der Waals surface area contributed by atoms with Crippen LogP contribution in [-0.2, 0) is 13.1 Å². The highest BCUT2D eigenvalue weighted by atomic mass is 16.3. The van der Waals surface area contributed by atoms with Gasteiger partial charge in [0.2, 0.25) is 0 Å². The normalized spacial score (nSPS) is 11.6. The van der Waals surface area contributed by atoms with E-state index in [1.807, 2.05) is 12.2 Å². The van der Waals surface area contributed by atoms with Crippen LogP contribution in [0.4, 0.5) is 0 Å². The number of phenolic OH excluding ortho intramolecular Hbond substituents is 1. The molecule has 47 heavy (non-hydrogen) atoms. The average Bonchev–Trinajstić information content (AvgIpc) is 3.54. The SMILES string of the molecule is C=CCn1cc(-c2c(-c3c(C)cc(C)cc3C)c(-c3c(C)cc(C)cc3C)c(O)c3c4ccccc4n(CC=C)c23)c2ccccc21. The highest BCUT2D eigenvalue weighted by molar-refractivity contribution is 6.24. The monoisotopic (exact) mass is 614 g/mol. The second-order valence-corrected chi connectivity index (χ2v) is 13.2. The van der Waals surface area contributed by atoms with E-state index in [2.05, 4.69) is 143 Å². The summed E-state index contributed by atoms with van der Waals surface area (Å²) in [4.78, 5) is 0. The fourth-order valence-electron chi connectivity index (χ4n) is 8.25. The smallest absolute Gasteiger partial charge is 0.134 e. The summed E-state index contributed by atoms with van der Waals surface area (Å²) < 4.78 is 4.63. The van der Waals surface area contributed by atoms with Crippen molar-refractivity contribution in [2.24, 2.45) is 0 Å². The Labute approximate surface area is 277 Å². The van der Waals surface area contributed by atoms with Crippen LogP contribution in [0, 0.1) is 41.5 Å². The lowest BCUT2D eigenvalue weighted by atomic mass is 9.79. The van der Waals surface area contributed by atoms with Gasteiger partial charge in [-0.2, -0.15) is 0 Å². The molecule has 0 radical (unpaired) electrons. The van der Waals surface area contributed by atoms with Gasteiger partial charge in [-0.1, -0.05) is 83.9 Å². The molecule has 0 saturated heterocycles. The molecule has 0 bridgehead atoms. The van der Waals surface area contributed by atoms with E-state index in [1.165, 1.54) is 27.6 Å². The van der Waals surface area contributed by atoms with Crippen LogP contribution < -0.4 is 0 Å². The molecule has 0 fully saturated rings. The molecule has 0 unspecified atom stereocenters. The lowest BCUT2D eigenvalue weighted by Gasteiger charge is -2.25. The summed E-state index contributed by atoms with van der Waals surface area (Å²) in [6, 6.07) is 26.1. The molecule has 0 saturated carbocycles. The molecule has 234 valence electrons. The zero-order chi connectivity index (χ0) is 33.1. The maximum atomic E-state index is 12.9. The van der Waals surface area contributed by atoms with E-state index in [0.717, 1.165) is 71.8 Å². The van der Waals surface area contributed by atoms with Crippen LogP contribution in [0.25, 0.3) is 66.1 Å². The van der Waals surface area contributed by atoms with E-state index in [9.17, 15) is 5.11 Å². The minimum absolute atomic E-state index is 0.321. The number of hydrogen-bond donors (Lipinski definition) is 1. The summed E-state index contributed by atoms with van der Waals surface area (Å²) in [5.74, 6) is 0.321. The van der Waals surface area contributed by atoms with E-state index >= 15 is 0 Å². The molecule has 0 aliphatic carbocycles. The summed E-state index contributed by atoms with van der Waals surface area (Å²) >= 11 is 0. The van der Waals surface area contributed by atoms with Gasteiger partial charge in [-0.15, -0.1) is 13.2 Å². The number of phenols is 1. The number of aromatic nitrogens is 2. The van der Waals surface area contributed by atoms with Crippen molar-refractivity contribution in [2.75, 3.05) is 0 Å². The van der Waals surface area contributed by atoms with Gasteiger partial charge < -0.3 is 14.2 Å². The van der Waals surface area contributed by atoms with E-state index in [-0.39, 0.29) is 0 Å². The number of hydrogen-bond acceptors (Lipinski definition) is 1. The molecule has 2 aromatic heterocycles. The summed E-state index contributed by atoms with van der Waals surface area (Å²) in [6.45, 7) is 22.6. The van der Waals surface area contributed by atoms with Crippen molar-refractivity contribution in [3.63, 3.8) is 0 Å². The predicted octanol–water partition coefficient (Wildman–Crippen LogP) is 11.7. The molecular weight excluding hydrogens is 572 g/mol. The van der Waals surface area contributed by atoms with Gasteiger partial charge in [0.25, 0.3) is 0 Å². The van der Waals surface area contributed by atoms with Crippen LogP contribution in [0.15, 0.2) is 104 Å². The molecule has 0 aliphatic heterocycles. The third-order valence-corrected chi connectivity index (χ3v) is 9.73. The van der Waals surface area contributed by atoms with Crippen molar-refractivity contribution in [3.05, 3.63) is 138 Å². The van der Waals surface area contributed by atoms with Gasteiger partial charge in [-0.25, -0.2) is 0 Å². The summed E-state index contributed by atoms with van der Waals surface area (Å²) in [5, 5.41) is 16.0. The van der Waals surface area contributed by atoms with Gasteiger partial charge in [0.15, 0.2) is 0 Å². The first-order chi connectivity index (χ1) is 22.7. The maximum absolute atomic E-state index is 12.9. The van der Waals surface area contributed by atoms with Crippen LogP contribution >= 0.6 is 0 Å². The molecule has 3 nitrogen and oxygen atoms in total. The Kier molecular flexibility index (Phi) is 7.44. The van der Waals surface area contributed by atoms with Crippen LogP contribution in [0.1, 0.15) is 33.4 Å². The molecule has 2 heterocycles. The largest absolute Gasteiger partial charge is 0.507 e. The van der Waals surface area contributed by atoms with Crippen molar-refractivity contribution in [2.45, 2.75) is 54.6 Å². The first-order valence-corrected chi connectivity index (χ1v) is 16.4. The maximum Gasteiger partial charge on any atom is 0.134 e. The van der Waals surface area contributed by atoms with Gasteiger partial charge in [-0.3, -0.25) is 0 Å². The summed E-state index contributed by atoms with van der Waals surface area (Å²) in [5.41, 5.74) is 16.8. The third kappa shape index (κ3) is 4.64. The molecule has 0 amide bonds. The highest BCUT2D eigenvalue weighted by Gasteiger charge is 2.31. The summed E-state index contributed by atoms with van der Waals surface area (Å²) in [6.07, 6.45) is 6.20. The lowest BCUT2D eigenvalue weighted by molar-refractivity contribution is 0.484. The van der Waals surface area contributed by atoms with E-state index in [1.54, 1.807) is 0 Å². The molecule has 3 heteroatoms. The fourth-order valence-corrected chi connectivity index (χ4v) is 8.25. The van der Waals surface area contributed by atoms with E-state index in [0.29, 0.717) is 18.8 Å². The highest BCUT2D eigenvalue weighted by Crippen LogP contribution is 2.56. The Morgan fingerprint density at radius 2 is 1.11 bits per heavy atom. The van der Waals surface area contributed by atoms with E-state index < -0.39 is 0 Å². The Hall–Kier alpha value is -5.28. The third-order valence-electron chi connectivity index (χ3n) is 9.73. The predicted molar refractivity (Wildman–Crippen MR) is 202 cm³/mol. The number of nitrogens with zero attached hydrogens (tertiary/aromatic N) is 2. The second kappa shape index (κ2) is 11.5. The van der Waals surface area contributed by atoms with Gasteiger partial charge >= 0.3 is 0 Å². The Bertz CT molecular complexity index is 2370. The quantitative estimate of drug-likeness (QED) is 0.178. The van der Waals surface area contributed by atoms with Crippen molar-refractivity contribution in [1.82, 2.24) is 9.13 Å². The first-order valence-electron chi connectivity index (χ1n) is 16.4.